The predicted molar refractivity (Wildman–Crippen MR) is 66.5 cm³/mol. The van der Waals surface area contributed by atoms with Crippen molar-refractivity contribution in [2.45, 2.75) is 13.0 Å². The topological polar surface area (TPSA) is 38.9 Å². The molecule has 0 saturated heterocycles. The number of rotatable bonds is 2. The van der Waals surface area contributed by atoms with E-state index < -0.39 is 0 Å². The molecule has 1 unspecified atom stereocenters. The SMILES string of the molecule is Cc1ccc(C(N)c2cccc(Cl)c2)cn1. The molecule has 0 spiro atoms. The first-order valence-electron chi connectivity index (χ1n) is 5.10. The van der Waals surface area contributed by atoms with Gasteiger partial charge in [0.2, 0.25) is 0 Å². The third-order valence-corrected chi connectivity index (χ3v) is 2.74. The van der Waals surface area contributed by atoms with Crippen LogP contribution in [0.25, 0.3) is 0 Å². The summed E-state index contributed by atoms with van der Waals surface area (Å²) in [6.45, 7) is 1.95. The van der Waals surface area contributed by atoms with Crippen LogP contribution in [-0.4, -0.2) is 4.98 Å². The second kappa shape index (κ2) is 4.64. The minimum absolute atomic E-state index is 0.174. The molecule has 2 N–H and O–H groups in total. The van der Waals surface area contributed by atoms with Crippen LogP contribution in [0, 0.1) is 6.92 Å². The quantitative estimate of drug-likeness (QED) is 0.864. The largest absolute Gasteiger partial charge is 0.320 e. The summed E-state index contributed by atoms with van der Waals surface area (Å²) < 4.78 is 0. The molecule has 0 bridgehead atoms. The van der Waals surface area contributed by atoms with Gasteiger partial charge in [-0.15, -0.1) is 0 Å². The Morgan fingerprint density at radius 2 is 2.00 bits per heavy atom. The number of halogens is 1. The smallest absolute Gasteiger partial charge is 0.0567 e. The lowest BCUT2D eigenvalue weighted by molar-refractivity contribution is 0.860. The number of benzene rings is 1. The molecule has 0 fully saturated rings. The van der Waals surface area contributed by atoms with Gasteiger partial charge in [-0.25, -0.2) is 0 Å². The van der Waals surface area contributed by atoms with Gasteiger partial charge in [0.25, 0.3) is 0 Å². The second-order valence-electron chi connectivity index (χ2n) is 3.77. The number of hydrogen-bond donors (Lipinski definition) is 1. The summed E-state index contributed by atoms with van der Waals surface area (Å²) in [6.07, 6.45) is 1.81. The normalized spacial score (nSPS) is 12.4. The van der Waals surface area contributed by atoms with Gasteiger partial charge in [-0.05, 0) is 36.2 Å². The van der Waals surface area contributed by atoms with Gasteiger partial charge in [-0.1, -0.05) is 29.8 Å². The number of aryl methyl sites for hydroxylation is 1. The number of hydrogen-bond acceptors (Lipinski definition) is 2. The van der Waals surface area contributed by atoms with Gasteiger partial charge in [0.1, 0.15) is 0 Å². The van der Waals surface area contributed by atoms with E-state index in [1.807, 2.05) is 43.3 Å². The average molecular weight is 233 g/mol. The maximum absolute atomic E-state index is 6.14. The molecule has 16 heavy (non-hydrogen) atoms. The highest BCUT2D eigenvalue weighted by atomic mass is 35.5. The molecule has 0 amide bonds. The zero-order valence-electron chi connectivity index (χ0n) is 9.02. The van der Waals surface area contributed by atoms with E-state index in [1.165, 1.54) is 0 Å². The fraction of sp³-hybridized carbons (Fsp3) is 0.154. The van der Waals surface area contributed by atoms with Crippen molar-refractivity contribution in [3.05, 3.63) is 64.4 Å². The van der Waals surface area contributed by atoms with Crippen LogP contribution < -0.4 is 5.73 Å². The van der Waals surface area contributed by atoms with Crippen LogP contribution in [0.15, 0.2) is 42.6 Å². The lowest BCUT2D eigenvalue weighted by atomic mass is 10.0. The molecule has 1 atom stereocenters. The zero-order chi connectivity index (χ0) is 11.5. The van der Waals surface area contributed by atoms with Crippen molar-refractivity contribution in [2.24, 2.45) is 5.73 Å². The fourth-order valence-corrected chi connectivity index (χ4v) is 1.75. The predicted octanol–water partition coefficient (Wildman–Crippen LogP) is 3.09. The lowest BCUT2D eigenvalue weighted by Crippen LogP contribution is -2.12. The molecule has 3 heteroatoms. The summed E-state index contributed by atoms with van der Waals surface area (Å²) in [5, 5.41) is 0.702. The molecule has 0 radical (unpaired) electrons. The first-order chi connectivity index (χ1) is 7.66. The molecule has 82 valence electrons. The molecule has 2 rings (SSSR count). The summed E-state index contributed by atoms with van der Waals surface area (Å²) in [4.78, 5) is 4.24. The van der Waals surface area contributed by atoms with E-state index in [0.29, 0.717) is 5.02 Å². The monoisotopic (exact) mass is 232 g/mol. The Kier molecular flexibility index (Phi) is 3.22. The zero-order valence-corrected chi connectivity index (χ0v) is 9.78. The molecule has 1 heterocycles. The molecular weight excluding hydrogens is 220 g/mol. The molecule has 0 aliphatic heterocycles. The minimum atomic E-state index is -0.174. The maximum atomic E-state index is 6.14. The Balaban J connectivity index is 2.31. The van der Waals surface area contributed by atoms with Gasteiger partial charge in [0, 0.05) is 16.9 Å². The van der Waals surface area contributed by atoms with Crippen molar-refractivity contribution in [3.63, 3.8) is 0 Å². The standard InChI is InChI=1S/C13H13ClN2/c1-9-5-6-11(8-16-9)13(15)10-3-2-4-12(14)7-10/h2-8,13H,15H2,1H3. The lowest BCUT2D eigenvalue weighted by Gasteiger charge is -2.12. The third kappa shape index (κ3) is 2.40. The number of nitrogens with two attached hydrogens (primary N) is 1. The molecule has 0 saturated carbocycles. The summed E-state index contributed by atoms with van der Waals surface area (Å²) in [5.74, 6) is 0. The maximum Gasteiger partial charge on any atom is 0.0567 e. The summed E-state index contributed by atoms with van der Waals surface area (Å²) >= 11 is 5.93. The van der Waals surface area contributed by atoms with E-state index in [0.717, 1.165) is 16.8 Å². The number of aromatic nitrogens is 1. The van der Waals surface area contributed by atoms with Gasteiger partial charge >= 0.3 is 0 Å². The highest BCUT2D eigenvalue weighted by Crippen LogP contribution is 2.21. The minimum Gasteiger partial charge on any atom is -0.320 e. The Bertz CT molecular complexity index is 480. The van der Waals surface area contributed by atoms with E-state index >= 15 is 0 Å². The van der Waals surface area contributed by atoms with Crippen molar-refractivity contribution in [1.29, 1.82) is 0 Å². The van der Waals surface area contributed by atoms with Crippen molar-refractivity contribution in [2.75, 3.05) is 0 Å². The van der Waals surface area contributed by atoms with Gasteiger partial charge < -0.3 is 5.73 Å². The van der Waals surface area contributed by atoms with E-state index in [2.05, 4.69) is 4.98 Å². The highest BCUT2D eigenvalue weighted by molar-refractivity contribution is 6.30. The number of nitrogens with zero attached hydrogens (tertiary/aromatic N) is 1. The van der Waals surface area contributed by atoms with Crippen LogP contribution in [0.3, 0.4) is 0 Å². The van der Waals surface area contributed by atoms with Gasteiger partial charge in [0.05, 0.1) is 6.04 Å². The van der Waals surface area contributed by atoms with Gasteiger partial charge in [0.15, 0.2) is 0 Å². The van der Waals surface area contributed by atoms with Crippen molar-refractivity contribution >= 4 is 11.6 Å². The number of pyridine rings is 1. The molecule has 0 aliphatic rings. The summed E-state index contributed by atoms with van der Waals surface area (Å²) in [6, 6.07) is 11.4. The Hall–Kier alpha value is -1.38. The van der Waals surface area contributed by atoms with Gasteiger partial charge in [-0.3, -0.25) is 4.98 Å². The van der Waals surface area contributed by atoms with Crippen molar-refractivity contribution in [1.82, 2.24) is 4.98 Å². The molecule has 1 aromatic carbocycles. The molecular formula is C13H13ClN2. The second-order valence-corrected chi connectivity index (χ2v) is 4.20. The molecule has 2 nitrogen and oxygen atoms in total. The van der Waals surface area contributed by atoms with Crippen LogP contribution >= 0.6 is 11.6 Å². The van der Waals surface area contributed by atoms with Crippen LogP contribution in [0.5, 0.6) is 0 Å². The third-order valence-electron chi connectivity index (χ3n) is 2.50. The average Bonchev–Trinajstić information content (AvgIpc) is 2.29. The molecule has 0 aliphatic carbocycles. The van der Waals surface area contributed by atoms with Crippen LogP contribution in [-0.2, 0) is 0 Å². The van der Waals surface area contributed by atoms with Crippen molar-refractivity contribution in [3.8, 4) is 0 Å². The van der Waals surface area contributed by atoms with Crippen LogP contribution in [0.1, 0.15) is 22.9 Å². The molecule has 1 aromatic heterocycles. The Morgan fingerprint density at radius 3 is 2.62 bits per heavy atom. The first-order valence-corrected chi connectivity index (χ1v) is 5.48. The van der Waals surface area contributed by atoms with Crippen molar-refractivity contribution < 1.29 is 0 Å². The fourth-order valence-electron chi connectivity index (χ4n) is 1.56. The first kappa shape index (κ1) is 11.1. The molecule has 2 aromatic rings. The Labute approximate surface area is 100 Å². The summed E-state index contributed by atoms with van der Waals surface area (Å²) in [7, 11) is 0. The van der Waals surface area contributed by atoms with Crippen LogP contribution in [0.4, 0.5) is 0 Å². The van der Waals surface area contributed by atoms with Gasteiger partial charge in [-0.2, -0.15) is 0 Å². The van der Waals surface area contributed by atoms with Crippen LogP contribution in [0.2, 0.25) is 5.02 Å². The van der Waals surface area contributed by atoms with E-state index in [9.17, 15) is 0 Å². The summed E-state index contributed by atoms with van der Waals surface area (Å²) in [5.41, 5.74) is 9.12. The van der Waals surface area contributed by atoms with E-state index in [4.69, 9.17) is 17.3 Å². The highest BCUT2D eigenvalue weighted by Gasteiger charge is 2.09. The van der Waals surface area contributed by atoms with E-state index in [1.54, 1.807) is 6.20 Å². The Morgan fingerprint density at radius 1 is 1.19 bits per heavy atom. The van der Waals surface area contributed by atoms with E-state index in [-0.39, 0.29) is 6.04 Å².